The summed E-state index contributed by atoms with van der Waals surface area (Å²) in [5, 5.41) is 2.86. The van der Waals surface area contributed by atoms with E-state index in [1.807, 2.05) is 0 Å². The summed E-state index contributed by atoms with van der Waals surface area (Å²) in [6, 6.07) is 3.80. The molecule has 1 heterocycles. The Morgan fingerprint density at radius 2 is 1.71 bits per heavy atom. The third-order valence-electron chi connectivity index (χ3n) is 4.76. The molecule has 2 aromatic rings. The highest BCUT2D eigenvalue weighted by molar-refractivity contribution is 6.31. The SMILES string of the molecule is O=C1CCCC2=C1C(c1ccc(F)cc1Cl)N=C(c1c(F)cc(F)cc1F)N2. The zero-order chi connectivity index (χ0) is 20.0. The van der Waals surface area contributed by atoms with Gasteiger partial charge in [0, 0.05) is 40.4 Å². The van der Waals surface area contributed by atoms with Crippen LogP contribution in [-0.4, -0.2) is 11.6 Å². The van der Waals surface area contributed by atoms with E-state index in [1.54, 1.807) is 0 Å². The number of carbonyl (C=O) groups is 1. The Bertz CT molecular complexity index is 1040. The second-order valence-electron chi connectivity index (χ2n) is 6.58. The van der Waals surface area contributed by atoms with Crippen LogP contribution in [0.3, 0.4) is 0 Å². The van der Waals surface area contributed by atoms with E-state index in [0.717, 1.165) is 6.07 Å². The molecule has 0 bridgehead atoms. The lowest BCUT2D eigenvalue weighted by atomic mass is 9.85. The van der Waals surface area contributed by atoms with Crippen molar-refractivity contribution < 1.29 is 22.4 Å². The van der Waals surface area contributed by atoms with E-state index in [9.17, 15) is 22.4 Å². The molecular weight excluding hydrogens is 396 g/mol. The average molecular weight is 409 g/mol. The van der Waals surface area contributed by atoms with Gasteiger partial charge in [0.2, 0.25) is 0 Å². The van der Waals surface area contributed by atoms with Gasteiger partial charge in [-0.25, -0.2) is 17.6 Å². The summed E-state index contributed by atoms with van der Waals surface area (Å²) in [6.45, 7) is 0. The van der Waals surface area contributed by atoms with Crippen LogP contribution < -0.4 is 5.32 Å². The van der Waals surface area contributed by atoms with Crippen LogP contribution in [0.5, 0.6) is 0 Å². The summed E-state index contributed by atoms with van der Waals surface area (Å²) >= 11 is 6.16. The van der Waals surface area contributed by atoms with E-state index in [2.05, 4.69) is 10.3 Å². The van der Waals surface area contributed by atoms with E-state index in [4.69, 9.17) is 11.6 Å². The van der Waals surface area contributed by atoms with Gasteiger partial charge in [-0.15, -0.1) is 0 Å². The molecule has 28 heavy (non-hydrogen) atoms. The van der Waals surface area contributed by atoms with Crippen LogP contribution in [0.2, 0.25) is 5.02 Å². The zero-order valence-electron chi connectivity index (χ0n) is 14.3. The van der Waals surface area contributed by atoms with Gasteiger partial charge in [-0.1, -0.05) is 17.7 Å². The smallest absolute Gasteiger partial charge is 0.163 e. The highest BCUT2D eigenvalue weighted by atomic mass is 35.5. The molecule has 0 saturated heterocycles. The van der Waals surface area contributed by atoms with Crippen LogP contribution >= 0.6 is 11.6 Å². The Hall–Kier alpha value is -2.67. The molecule has 0 spiro atoms. The Kier molecular flexibility index (Phi) is 4.71. The topological polar surface area (TPSA) is 41.5 Å². The van der Waals surface area contributed by atoms with E-state index in [0.29, 0.717) is 48.2 Å². The monoisotopic (exact) mass is 408 g/mol. The predicted molar refractivity (Wildman–Crippen MR) is 96.0 cm³/mol. The normalized spacial score (nSPS) is 19.2. The molecule has 2 aliphatic rings. The highest BCUT2D eigenvalue weighted by Gasteiger charge is 2.35. The van der Waals surface area contributed by atoms with Gasteiger partial charge in [0.1, 0.15) is 35.1 Å². The molecule has 1 atom stereocenters. The minimum atomic E-state index is -1.13. The summed E-state index contributed by atoms with van der Waals surface area (Å²) in [5.74, 6) is -4.21. The molecule has 3 nitrogen and oxygen atoms in total. The molecule has 0 aromatic heterocycles. The quantitative estimate of drug-likeness (QED) is 0.711. The maximum absolute atomic E-state index is 14.3. The number of amidine groups is 1. The number of aliphatic imine (C=N–C) groups is 1. The van der Waals surface area contributed by atoms with Crippen LogP contribution in [0, 0.1) is 23.3 Å². The number of ketones is 1. The van der Waals surface area contributed by atoms with Crippen molar-refractivity contribution in [3.05, 3.63) is 81.0 Å². The molecule has 4 rings (SSSR count). The number of hydrogen-bond donors (Lipinski definition) is 1. The fourth-order valence-corrected chi connectivity index (χ4v) is 3.79. The third-order valence-corrected chi connectivity index (χ3v) is 5.09. The molecule has 0 radical (unpaired) electrons. The first-order valence-electron chi connectivity index (χ1n) is 8.56. The van der Waals surface area contributed by atoms with Gasteiger partial charge in [0.15, 0.2) is 5.78 Å². The van der Waals surface area contributed by atoms with Crippen LogP contribution in [0.1, 0.15) is 36.4 Å². The van der Waals surface area contributed by atoms with Gasteiger partial charge < -0.3 is 5.32 Å². The van der Waals surface area contributed by atoms with Crippen molar-refractivity contribution in [2.45, 2.75) is 25.3 Å². The number of halogens is 5. The number of allylic oxidation sites excluding steroid dienone is 1. The Labute approximate surface area is 162 Å². The van der Waals surface area contributed by atoms with Gasteiger partial charge in [-0.2, -0.15) is 0 Å². The van der Waals surface area contributed by atoms with Crippen molar-refractivity contribution in [2.24, 2.45) is 4.99 Å². The lowest BCUT2D eigenvalue weighted by Gasteiger charge is -2.31. The number of rotatable bonds is 2. The number of nitrogens with one attached hydrogen (secondary N) is 1. The van der Waals surface area contributed by atoms with Crippen molar-refractivity contribution in [1.29, 1.82) is 0 Å². The summed E-state index contributed by atoms with van der Waals surface area (Å²) in [6.07, 6.45) is 1.34. The number of benzene rings is 2. The fraction of sp³-hybridized carbons (Fsp3) is 0.200. The maximum Gasteiger partial charge on any atom is 0.163 e. The zero-order valence-corrected chi connectivity index (χ0v) is 15.1. The van der Waals surface area contributed by atoms with Crippen molar-refractivity contribution in [3.8, 4) is 0 Å². The number of Topliss-reactive ketones (excluding diaryl/α,β-unsaturated/α-hetero) is 1. The van der Waals surface area contributed by atoms with Crippen molar-refractivity contribution in [3.63, 3.8) is 0 Å². The van der Waals surface area contributed by atoms with Crippen LogP contribution in [0.15, 0.2) is 46.6 Å². The first-order valence-corrected chi connectivity index (χ1v) is 8.94. The summed E-state index contributed by atoms with van der Waals surface area (Å²) in [4.78, 5) is 16.8. The highest BCUT2D eigenvalue weighted by Crippen LogP contribution is 2.40. The molecule has 1 aliphatic carbocycles. The van der Waals surface area contributed by atoms with Gasteiger partial charge >= 0.3 is 0 Å². The minimum Gasteiger partial charge on any atom is -0.343 e. The maximum atomic E-state index is 14.3. The lowest BCUT2D eigenvalue weighted by molar-refractivity contribution is -0.116. The molecule has 0 amide bonds. The molecular formula is C20H13ClF4N2O. The largest absolute Gasteiger partial charge is 0.343 e. The Morgan fingerprint density at radius 3 is 2.39 bits per heavy atom. The molecule has 144 valence electrons. The molecule has 1 aliphatic heterocycles. The van der Waals surface area contributed by atoms with Crippen LogP contribution in [0.4, 0.5) is 17.6 Å². The van der Waals surface area contributed by atoms with E-state index in [-0.39, 0.29) is 16.6 Å². The standard InChI is InChI=1S/C20H13ClF4N2O/c21-12-6-9(22)4-5-11(12)19-18-15(2-1-3-16(18)28)26-20(27-19)17-13(24)7-10(23)8-14(17)25/h4-8,19H,1-3H2,(H,26,27). The second kappa shape index (κ2) is 7.05. The second-order valence-corrected chi connectivity index (χ2v) is 6.99. The number of nitrogens with zero attached hydrogens (tertiary/aromatic N) is 1. The van der Waals surface area contributed by atoms with Gasteiger partial charge in [-0.05, 0) is 25.0 Å². The molecule has 8 heteroatoms. The van der Waals surface area contributed by atoms with E-state index < -0.39 is 34.9 Å². The minimum absolute atomic E-state index is 0.0419. The van der Waals surface area contributed by atoms with Crippen molar-refractivity contribution in [1.82, 2.24) is 5.32 Å². The van der Waals surface area contributed by atoms with Crippen LogP contribution in [-0.2, 0) is 4.79 Å². The molecule has 1 N–H and O–H groups in total. The Morgan fingerprint density at radius 1 is 1.00 bits per heavy atom. The molecule has 1 unspecified atom stereocenters. The number of carbonyl (C=O) groups excluding carboxylic acids is 1. The third kappa shape index (κ3) is 3.20. The van der Waals surface area contributed by atoms with Crippen molar-refractivity contribution in [2.75, 3.05) is 0 Å². The van der Waals surface area contributed by atoms with Gasteiger partial charge in [-0.3, -0.25) is 9.79 Å². The summed E-state index contributed by atoms with van der Waals surface area (Å²) < 4.78 is 55.3. The summed E-state index contributed by atoms with van der Waals surface area (Å²) in [5.41, 5.74) is 0.628. The number of hydrogen-bond acceptors (Lipinski definition) is 3. The first-order chi connectivity index (χ1) is 13.3. The molecule has 0 saturated carbocycles. The van der Waals surface area contributed by atoms with Gasteiger partial charge in [0.25, 0.3) is 0 Å². The Balaban J connectivity index is 1.90. The average Bonchev–Trinajstić information content (AvgIpc) is 2.60. The van der Waals surface area contributed by atoms with Gasteiger partial charge in [0.05, 0.1) is 5.56 Å². The van der Waals surface area contributed by atoms with Crippen molar-refractivity contribution >= 4 is 23.2 Å². The van der Waals surface area contributed by atoms with E-state index in [1.165, 1.54) is 12.1 Å². The fourth-order valence-electron chi connectivity index (χ4n) is 3.52. The first kappa shape index (κ1) is 18.7. The van der Waals surface area contributed by atoms with E-state index >= 15 is 0 Å². The van der Waals surface area contributed by atoms with Crippen LogP contribution in [0.25, 0.3) is 0 Å². The molecule has 2 aromatic carbocycles. The molecule has 0 fully saturated rings. The lowest BCUT2D eigenvalue weighted by Crippen LogP contribution is -2.36. The summed E-state index contributed by atoms with van der Waals surface area (Å²) in [7, 11) is 0. The predicted octanol–water partition coefficient (Wildman–Crippen LogP) is 4.99.